The fraction of sp³-hybridized carbons (Fsp3) is 0.625. The minimum Gasteiger partial charge on any atom is -0.393 e. The van der Waals surface area contributed by atoms with Crippen molar-refractivity contribution in [1.29, 1.82) is 0 Å². The third kappa shape index (κ3) is 2.35. The second-order valence-corrected chi connectivity index (χ2v) is 3.04. The summed E-state index contributed by atoms with van der Waals surface area (Å²) >= 11 is 0. The van der Waals surface area contributed by atoms with Crippen LogP contribution in [0.1, 0.15) is 29.5 Å². The average molecular weight is 183 g/mol. The Morgan fingerprint density at radius 2 is 2.38 bits per heavy atom. The Hall–Kier alpha value is -1.23. The molecule has 1 aromatic heterocycles. The summed E-state index contributed by atoms with van der Waals surface area (Å²) in [4.78, 5) is 10.4. The minimum atomic E-state index is -0.358. The number of rotatable bonds is 4. The number of carbonyl (C=O) groups excluding carboxylic acids is 1. The van der Waals surface area contributed by atoms with E-state index in [1.807, 2.05) is 0 Å². The monoisotopic (exact) mass is 183 g/mol. The van der Waals surface area contributed by atoms with Gasteiger partial charge in [0.25, 0.3) is 0 Å². The number of aryl methyl sites for hydroxylation is 1. The van der Waals surface area contributed by atoms with Crippen LogP contribution in [0.5, 0.6) is 0 Å². The molecule has 1 unspecified atom stereocenters. The summed E-state index contributed by atoms with van der Waals surface area (Å²) in [6.45, 7) is 4.09. The van der Waals surface area contributed by atoms with E-state index in [-0.39, 0.29) is 6.10 Å². The summed E-state index contributed by atoms with van der Waals surface area (Å²) in [7, 11) is 0. The third-order valence-corrected chi connectivity index (χ3v) is 1.89. The Labute approximate surface area is 76.4 Å². The normalized spacial score (nSPS) is 12.8. The molecule has 0 spiro atoms. The Bertz CT molecular complexity index is 294. The maximum atomic E-state index is 10.4. The van der Waals surface area contributed by atoms with Crippen molar-refractivity contribution in [3.05, 3.63) is 11.4 Å². The van der Waals surface area contributed by atoms with Crippen LogP contribution in [0.25, 0.3) is 0 Å². The van der Waals surface area contributed by atoms with Gasteiger partial charge in [-0.2, -0.15) is 0 Å². The van der Waals surface area contributed by atoms with Gasteiger partial charge in [-0.25, -0.2) is 4.68 Å². The number of aliphatic hydroxyl groups excluding tert-OH is 1. The summed E-state index contributed by atoms with van der Waals surface area (Å²) < 4.78 is 1.62. The smallest absolute Gasteiger partial charge is 0.172 e. The van der Waals surface area contributed by atoms with Gasteiger partial charge in [-0.1, -0.05) is 5.21 Å². The van der Waals surface area contributed by atoms with Crippen molar-refractivity contribution in [3.8, 4) is 0 Å². The highest BCUT2D eigenvalue weighted by atomic mass is 16.3. The zero-order valence-electron chi connectivity index (χ0n) is 7.77. The Morgan fingerprint density at radius 3 is 2.85 bits per heavy atom. The lowest BCUT2D eigenvalue weighted by Crippen LogP contribution is -2.09. The standard InChI is InChI=1S/C8H13N3O2/c1-6(13)3-4-11-7(2)8(5-12)9-10-11/h5-6,13H,3-4H2,1-2H3. The van der Waals surface area contributed by atoms with Gasteiger partial charge in [0.05, 0.1) is 11.8 Å². The van der Waals surface area contributed by atoms with Crippen LogP contribution in [0, 0.1) is 6.92 Å². The largest absolute Gasteiger partial charge is 0.393 e. The maximum absolute atomic E-state index is 10.4. The second-order valence-electron chi connectivity index (χ2n) is 3.04. The molecule has 72 valence electrons. The van der Waals surface area contributed by atoms with E-state index in [1.54, 1.807) is 18.5 Å². The molecule has 5 heteroatoms. The number of aromatic nitrogens is 3. The van der Waals surface area contributed by atoms with Crippen molar-refractivity contribution >= 4 is 6.29 Å². The quantitative estimate of drug-likeness (QED) is 0.675. The molecule has 13 heavy (non-hydrogen) atoms. The lowest BCUT2D eigenvalue weighted by Gasteiger charge is -2.04. The molecular weight excluding hydrogens is 170 g/mol. The molecule has 0 aliphatic carbocycles. The highest BCUT2D eigenvalue weighted by molar-refractivity contribution is 5.72. The number of aldehydes is 1. The van der Waals surface area contributed by atoms with Gasteiger partial charge in [0.15, 0.2) is 6.29 Å². The van der Waals surface area contributed by atoms with E-state index < -0.39 is 0 Å². The minimum absolute atomic E-state index is 0.358. The fourth-order valence-electron chi connectivity index (χ4n) is 1.00. The Balaban J connectivity index is 2.67. The lowest BCUT2D eigenvalue weighted by atomic mass is 10.3. The van der Waals surface area contributed by atoms with Gasteiger partial charge >= 0.3 is 0 Å². The van der Waals surface area contributed by atoms with E-state index in [1.165, 1.54) is 0 Å². The molecule has 0 aliphatic rings. The first-order chi connectivity index (χ1) is 6.15. The molecule has 0 saturated heterocycles. The maximum Gasteiger partial charge on any atom is 0.172 e. The summed E-state index contributed by atoms with van der Waals surface area (Å²) in [5.74, 6) is 0. The van der Waals surface area contributed by atoms with Gasteiger partial charge in [0, 0.05) is 6.54 Å². The zero-order valence-corrected chi connectivity index (χ0v) is 7.77. The molecule has 0 aliphatic heterocycles. The van der Waals surface area contributed by atoms with Gasteiger partial charge in [-0.15, -0.1) is 5.10 Å². The lowest BCUT2D eigenvalue weighted by molar-refractivity contribution is 0.111. The molecule has 0 bridgehead atoms. The zero-order chi connectivity index (χ0) is 9.84. The first-order valence-electron chi connectivity index (χ1n) is 4.18. The summed E-state index contributed by atoms with van der Waals surface area (Å²) in [6, 6.07) is 0. The number of nitrogens with zero attached hydrogens (tertiary/aromatic N) is 3. The SMILES string of the molecule is Cc1c(C=O)nnn1CCC(C)O. The molecule has 0 aromatic carbocycles. The van der Waals surface area contributed by atoms with Crippen LogP contribution in [0.3, 0.4) is 0 Å². The van der Waals surface area contributed by atoms with E-state index in [0.717, 1.165) is 5.69 Å². The number of carbonyl (C=O) groups is 1. The van der Waals surface area contributed by atoms with Gasteiger partial charge in [-0.3, -0.25) is 4.79 Å². The van der Waals surface area contributed by atoms with E-state index in [0.29, 0.717) is 24.9 Å². The number of aliphatic hydroxyl groups is 1. The molecule has 0 radical (unpaired) electrons. The molecular formula is C8H13N3O2. The summed E-state index contributed by atoms with van der Waals surface area (Å²) in [5, 5.41) is 16.5. The van der Waals surface area contributed by atoms with E-state index in [4.69, 9.17) is 5.11 Å². The average Bonchev–Trinajstić information content (AvgIpc) is 2.43. The van der Waals surface area contributed by atoms with Crippen LogP contribution in [-0.2, 0) is 6.54 Å². The van der Waals surface area contributed by atoms with Gasteiger partial charge in [0.1, 0.15) is 5.69 Å². The van der Waals surface area contributed by atoms with Crippen LogP contribution in [0.4, 0.5) is 0 Å². The molecule has 5 nitrogen and oxygen atoms in total. The Morgan fingerprint density at radius 1 is 1.69 bits per heavy atom. The summed E-state index contributed by atoms with van der Waals surface area (Å²) in [6.07, 6.45) is 0.937. The predicted molar refractivity (Wildman–Crippen MR) is 46.4 cm³/mol. The first-order valence-corrected chi connectivity index (χ1v) is 4.18. The highest BCUT2D eigenvalue weighted by Gasteiger charge is 2.07. The molecule has 1 aromatic rings. The predicted octanol–water partition coefficient (Wildman–Crippen LogP) is 0.170. The molecule has 1 atom stereocenters. The van der Waals surface area contributed by atoms with Crippen LogP contribution in [0.15, 0.2) is 0 Å². The van der Waals surface area contributed by atoms with Crippen molar-refractivity contribution in [3.63, 3.8) is 0 Å². The van der Waals surface area contributed by atoms with Crippen molar-refractivity contribution in [2.45, 2.75) is 32.9 Å². The van der Waals surface area contributed by atoms with Crippen molar-refractivity contribution in [2.75, 3.05) is 0 Å². The van der Waals surface area contributed by atoms with Crippen molar-refractivity contribution < 1.29 is 9.90 Å². The molecule has 0 saturated carbocycles. The molecule has 1 N–H and O–H groups in total. The van der Waals surface area contributed by atoms with Crippen LogP contribution < -0.4 is 0 Å². The molecule has 1 rings (SSSR count). The number of hydrogen-bond acceptors (Lipinski definition) is 4. The molecule has 1 heterocycles. The highest BCUT2D eigenvalue weighted by Crippen LogP contribution is 2.02. The molecule has 0 fully saturated rings. The topological polar surface area (TPSA) is 68.0 Å². The van der Waals surface area contributed by atoms with Crippen molar-refractivity contribution in [2.24, 2.45) is 0 Å². The van der Waals surface area contributed by atoms with Crippen LogP contribution >= 0.6 is 0 Å². The van der Waals surface area contributed by atoms with E-state index in [9.17, 15) is 4.79 Å². The first kappa shape index (κ1) is 9.85. The number of hydrogen-bond donors (Lipinski definition) is 1. The molecule has 0 amide bonds. The van der Waals surface area contributed by atoms with E-state index >= 15 is 0 Å². The van der Waals surface area contributed by atoms with Crippen LogP contribution in [-0.4, -0.2) is 32.5 Å². The third-order valence-electron chi connectivity index (χ3n) is 1.89. The fourth-order valence-corrected chi connectivity index (χ4v) is 1.00. The van der Waals surface area contributed by atoms with Crippen molar-refractivity contribution in [1.82, 2.24) is 15.0 Å². The van der Waals surface area contributed by atoms with Crippen LogP contribution in [0.2, 0.25) is 0 Å². The van der Waals surface area contributed by atoms with Gasteiger partial charge < -0.3 is 5.11 Å². The van der Waals surface area contributed by atoms with E-state index in [2.05, 4.69) is 10.3 Å². The van der Waals surface area contributed by atoms with Gasteiger partial charge in [0.2, 0.25) is 0 Å². The summed E-state index contributed by atoms with van der Waals surface area (Å²) in [5.41, 5.74) is 1.11. The second kappa shape index (κ2) is 4.13. The Kier molecular flexibility index (Phi) is 3.13. The van der Waals surface area contributed by atoms with Gasteiger partial charge in [-0.05, 0) is 20.3 Å².